The van der Waals surface area contributed by atoms with Crippen LogP contribution >= 0.6 is 0 Å². The summed E-state index contributed by atoms with van der Waals surface area (Å²) in [4.78, 5) is 19.9. The standard InChI is InChI=1S/C14H15N7O/c1-7-9(6-18-21-7)11-3-8-4-12(20-14(22)16-2)17-5-10(8)13(15)19-11/h3-6H,1-2H3,(H2,15,19)(H,18,21)(H2,16,17,20,22). The van der Waals surface area contributed by atoms with Gasteiger partial charge in [-0.05, 0) is 24.4 Å². The van der Waals surface area contributed by atoms with Gasteiger partial charge in [0.05, 0.1) is 11.9 Å². The van der Waals surface area contributed by atoms with E-state index in [4.69, 9.17) is 5.73 Å². The first kappa shape index (κ1) is 13.8. The first-order valence-corrected chi connectivity index (χ1v) is 6.64. The Morgan fingerprint density at radius 3 is 2.82 bits per heavy atom. The van der Waals surface area contributed by atoms with Crippen LogP contribution < -0.4 is 16.4 Å². The normalized spacial score (nSPS) is 10.6. The predicted molar refractivity (Wildman–Crippen MR) is 84.3 cm³/mol. The van der Waals surface area contributed by atoms with Crippen molar-refractivity contribution in [2.24, 2.45) is 0 Å². The summed E-state index contributed by atoms with van der Waals surface area (Å²) >= 11 is 0. The summed E-state index contributed by atoms with van der Waals surface area (Å²) < 4.78 is 0. The lowest BCUT2D eigenvalue weighted by Crippen LogP contribution is -2.24. The van der Waals surface area contributed by atoms with Gasteiger partial charge in [-0.1, -0.05) is 0 Å². The number of aromatic amines is 1. The molecule has 3 aromatic heterocycles. The molecular weight excluding hydrogens is 282 g/mol. The number of fused-ring (bicyclic) bond motifs is 1. The predicted octanol–water partition coefficient (Wildman–Crippen LogP) is 1.66. The number of aryl methyl sites for hydroxylation is 1. The van der Waals surface area contributed by atoms with Gasteiger partial charge in [-0.3, -0.25) is 10.4 Å². The number of hydrogen-bond acceptors (Lipinski definition) is 5. The van der Waals surface area contributed by atoms with Crippen LogP contribution in [0.4, 0.5) is 16.4 Å². The Hall–Kier alpha value is -3.16. The minimum atomic E-state index is -0.334. The number of urea groups is 1. The lowest BCUT2D eigenvalue weighted by atomic mass is 10.1. The van der Waals surface area contributed by atoms with Crippen molar-refractivity contribution in [3.8, 4) is 11.3 Å². The van der Waals surface area contributed by atoms with Crippen LogP contribution in [0.25, 0.3) is 22.0 Å². The van der Waals surface area contributed by atoms with E-state index in [1.54, 1.807) is 18.5 Å². The van der Waals surface area contributed by atoms with E-state index in [9.17, 15) is 4.79 Å². The summed E-state index contributed by atoms with van der Waals surface area (Å²) in [6.45, 7) is 1.91. The van der Waals surface area contributed by atoms with Crippen molar-refractivity contribution in [2.45, 2.75) is 6.92 Å². The summed E-state index contributed by atoms with van der Waals surface area (Å²) in [6, 6.07) is 3.31. The number of carbonyl (C=O) groups is 1. The van der Waals surface area contributed by atoms with E-state index in [-0.39, 0.29) is 6.03 Å². The fourth-order valence-electron chi connectivity index (χ4n) is 2.17. The number of pyridine rings is 2. The molecule has 0 spiro atoms. The van der Waals surface area contributed by atoms with Gasteiger partial charge in [0.15, 0.2) is 0 Å². The first-order chi connectivity index (χ1) is 10.6. The fraction of sp³-hybridized carbons (Fsp3) is 0.143. The average Bonchev–Trinajstić information content (AvgIpc) is 2.93. The minimum Gasteiger partial charge on any atom is -0.383 e. The number of amides is 2. The van der Waals surface area contributed by atoms with Gasteiger partial charge in [0.2, 0.25) is 0 Å². The topological polar surface area (TPSA) is 122 Å². The molecule has 22 heavy (non-hydrogen) atoms. The van der Waals surface area contributed by atoms with Gasteiger partial charge in [0.1, 0.15) is 11.6 Å². The largest absolute Gasteiger partial charge is 0.383 e. The highest BCUT2D eigenvalue weighted by atomic mass is 16.2. The second-order valence-corrected chi connectivity index (χ2v) is 4.80. The highest BCUT2D eigenvalue weighted by Gasteiger charge is 2.10. The van der Waals surface area contributed by atoms with Crippen molar-refractivity contribution in [1.29, 1.82) is 0 Å². The molecule has 8 heteroatoms. The van der Waals surface area contributed by atoms with Gasteiger partial charge in [-0.25, -0.2) is 14.8 Å². The zero-order valence-corrected chi connectivity index (χ0v) is 12.1. The maximum atomic E-state index is 11.4. The zero-order chi connectivity index (χ0) is 15.7. The second-order valence-electron chi connectivity index (χ2n) is 4.80. The molecule has 3 rings (SSSR count). The molecule has 0 atom stereocenters. The van der Waals surface area contributed by atoms with Crippen molar-refractivity contribution in [3.05, 3.63) is 30.2 Å². The SMILES string of the molecule is CNC(=O)Nc1cc2cc(-c3cn[nH]c3C)nc(N)c2cn1. The van der Waals surface area contributed by atoms with Gasteiger partial charge in [0, 0.05) is 29.9 Å². The number of hydrogen-bond donors (Lipinski definition) is 4. The lowest BCUT2D eigenvalue weighted by Gasteiger charge is -2.08. The second kappa shape index (κ2) is 5.32. The number of carbonyl (C=O) groups excluding carboxylic acids is 1. The number of H-pyrrole nitrogens is 1. The Kier molecular flexibility index (Phi) is 3.34. The van der Waals surface area contributed by atoms with E-state index in [2.05, 4.69) is 30.8 Å². The van der Waals surface area contributed by atoms with Gasteiger partial charge < -0.3 is 11.1 Å². The van der Waals surface area contributed by atoms with Crippen molar-refractivity contribution in [2.75, 3.05) is 18.1 Å². The van der Waals surface area contributed by atoms with E-state index in [1.165, 1.54) is 7.05 Å². The van der Waals surface area contributed by atoms with Crippen LogP contribution in [0, 0.1) is 6.92 Å². The lowest BCUT2D eigenvalue weighted by molar-refractivity contribution is 0.254. The van der Waals surface area contributed by atoms with E-state index in [1.807, 2.05) is 13.0 Å². The summed E-state index contributed by atoms with van der Waals surface area (Å²) in [5.74, 6) is 0.819. The van der Waals surface area contributed by atoms with Crippen molar-refractivity contribution >= 4 is 28.4 Å². The number of nitrogens with zero attached hydrogens (tertiary/aromatic N) is 3. The van der Waals surface area contributed by atoms with Crippen LogP contribution in [0.2, 0.25) is 0 Å². The van der Waals surface area contributed by atoms with E-state index < -0.39 is 0 Å². The summed E-state index contributed by atoms with van der Waals surface area (Å²) in [5, 5.41) is 13.5. The molecule has 0 aliphatic heterocycles. The molecule has 2 amide bonds. The third kappa shape index (κ3) is 2.41. The van der Waals surface area contributed by atoms with Crippen LogP contribution in [0.15, 0.2) is 24.5 Å². The summed E-state index contributed by atoms with van der Waals surface area (Å²) in [5.41, 5.74) is 8.51. The molecule has 3 heterocycles. The maximum absolute atomic E-state index is 11.4. The molecule has 0 aliphatic carbocycles. The van der Waals surface area contributed by atoms with E-state index in [0.29, 0.717) is 17.3 Å². The maximum Gasteiger partial charge on any atom is 0.320 e. The molecule has 8 nitrogen and oxygen atoms in total. The number of anilines is 2. The molecule has 0 radical (unpaired) electrons. The first-order valence-electron chi connectivity index (χ1n) is 6.64. The van der Waals surface area contributed by atoms with Crippen LogP contribution in [0.5, 0.6) is 0 Å². The molecule has 5 N–H and O–H groups in total. The van der Waals surface area contributed by atoms with E-state index >= 15 is 0 Å². The van der Waals surface area contributed by atoms with Crippen LogP contribution in [0.1, 0.15) is 5.69 Å². The highest BCUT2D eigenvalue weighted by Crippen LogP contribution is 2.28. The number of aromatic nitrogens is 4. The average molecular weight is 297 g/mol. The summed E-state index contributed by atoms with van der Waals surface area (Å²) in [7, 11) is 1.54. The number of nitrogens with two attached hydrogens (primary N) is 1. The molecule has 3 aromatic rings. The fourth-order valence-corrected chi connectivity index (χ4v) is 2.17. The molecule has 0 fully saturated rings. The van der Waals surface area contributed by atoms with E-state index in [0.717, 1.165) is 22.0 Å². The van der Waals surface area contributed by atoms with Crippen LogP contribution in [-0.2, 0) is 0 Å². The molecule has 0 unspecified atom stereocenters. The molecule has 0 saturated carbocycles. The smallest absolute Gasteiger partial charge is 0.320 e. The molecular formula is C14H15N7O. The third-order valence-corrected chi connectivity index (χ3v) is 3.32. The third-order valence-electron chi connectivity index (χ3n) is 3.32. The molecule has 0 bridgehead atoms. The van der Waals surface area contributed by atoms with Crippen LogP contribution in [-0.4, -0.2) is 33.2 Å². The quantitative estimate of drug-likeness (QED) is 0.573. The Morgan fingerprint density at radius 1 is 1.32 bits per heavy atom. The highest BCUT2D eigenvalue weighted by molar-refractivity contribution is 5.96. The number of nitrogens with one attached hydrogen (secondary N) is 3. The molecule has 0 saturated heterocycles. The minimum absolute atomic E-state index is 0.334. The monoisotopic (exact) mass is 297 g/mol. The van der Waals surface area contributed by atoms with Gasteiger partial charge in [-0.2, -0.15) is 5.10 Å². The van der Waals surface area contributed by atoms with Crippen molar-refractivity contribution < 1.29 is 4.79 Å². The Bertz CT molecular complexity index is 856. The van der Waals surface area contributed by atoms with Gasteiger partial charge in [0.25, 0.3) is 0 Å². The van der Waals surface area contributed by atoms with Gasteiger partial charge >= 0.3 is 6.03 Å². The van der Waals surface area contributed by atoms with Crippen molar-refractivity contribution in [1.82, 2.24) is 25.5 Å². The summed E-state index contributed by atoms with van der Waals surface area (Å²) in [6.07, 6.45) is 3.29. The Balaban J connectivity index is 2.10. The number of nitrogen functional groups attached to an aromatic ring is 1. The molecule has 0 aliphatic rings. The van der Waals surface area contributed by atoms with Crippen LogP contribution in [0.3, 0.4) is 0 Å². The molecule has 0 aromatic carbocycles. The Morgan fingerprint density at radius 2 is 2.14 bits per heavy atom. The van der Waals surface area contributed by atoms with Crippen molar-refractivity contribution in [3.63, 3.8) is 0 Å². The number of rotatable bonds is 2. The zero-order valence-electron chi connectivity index (χ0n) is 12.1. The molecule has 112 valence electrons. The Labute approximate surface area is 126 Å². The van der Waals surface area contributed by atoms with Gasteiger partial charge in [-0.15, -0.1) is 0 Å².